The average molecular weight is 288 g/mol. The molecule has 4 heteroatoms. The van der Waals surface area contributed by atoms with Gasteiger partial charge in [-0.05, 0) is 42.8 Å². The molecule has 2 N–H and O–H groups in total. The van der Waals surface area contributed by atoms with E-state index in [4.69, 9.17) is 10.5 Å². The molecule has 0 amide bonds. The zero-order valence-corrected chi connectivity index (χ0v) is 12.3. The van der Waals surface area contributed by atoms with Gasteiger partial charge in [0.15, 0.2) is 0 Å². The summed E-state index contributed by atoms with van der Waals surface area (Å²) in [4.78, 5) is 2.22. The number of halogens is 1. The van der Waals surface area contributed by atoms with Crippen molar-refractivity contribution in [2.45, 2.75) is 13.0 Å². The van der Waals surface area contributed by atoms with E-state index in [9.17, 15) is 4.39 Å². The van der Waals surface area contributed by atoms with Gasteiger partial charge in [-0.15, -0.1) is 0 Å². The highest BCUT2D eigenvalue weighted by Crippen LogP contribution is 2.23. The van der Waals surface area contributed by atoms with Crippen LogP contribution in [0.4, 0.5) is 10.1 Å². The van der Waals surface area contributed by atoms with Crippen molar-refractivity contribution in [3.05, 3.63) is 59.9 Å². The SMILES string of the molecule is COc1cccc(N(CCCN)Cc2ccc(F)cc2)c1. The molecule has 0 unspecified atom stereocenters. The fraction of sp³-hybridized carbons (Fsp3) is 0.294. The van der Waals surface area contributed by atoms with Gasteiger partial charge >= 0.3 is 0 Å². The fourth-order valence-electron chi connectivity index (χ4n) is 2.20. The van der Waals surface area contributed by atoms with E-state index in [1.165, 1.54) is 12.1 Å². The van der Waals surface area contributed by atoms with Crippen molar-refractivity contribution in [1.82, 2.24) is 0 Å². The summed E-state index contributed by atoms with van der Waals surface area (Å²) in [5, 5.41) is 0. The third-order valence-electron chi connectivity index (χ3n) is 3.34. The number of hydrogen-bond donors (Lipinski definition) is 1. The number of rotatable bonds is 7. The first kappa shape index (κ1) is 15.3. The van der Waals surface area contributed by atoms with Gasteiger partial charge in [-0.2, -0.15) is 0 Å². The van der Waals surface area contributed by atoms with Crippen LogP contribution in [-0.4, -0.2) is 20.2 Å². The molecule has 0 saturated carbocycles. The van der Waals surface area contributed by atoms with Crippen LogP contribution in [-0.2, 0) is 6.54 Å². The molecule has 0 fully saturated rings. The highest BCUT2D eigenvalue weighted by atomic mass is 19.1. The van der Waals surface area contributed by atoms with Gasteiger partial charge in [0, 0.05) is 24.8 Å². The van der Waals surface area contributed by atoms with E-state index in [0.29, 0.717) is 13.1 Å². The van der Waals surface area contributed by atoms with E-state index in [1.54, 1.807) is 7.11 Å². The molecule has 0 heterocycles. The Balaban J connectivity index is 2.18. The van der Waals surface area contributed by atoms with Gasteiger partial charge in [0.2, 0.25) is 0 Å². The smallest absolute Gasteiger partial charge is 0.123 e. The molecule has 2 aromatic rings. The first-order valence-corrected chi connectivity index (χ1v) is 7.06. The Bertz CT molecular complexity index is 557. The molecule has 0 saturated heterocycles. The van der Waals surface area contributed by atoms with Crippen LogP contribution in [0.15, 0.2) is 48.5 Å². The minimum absolute atomic E-state index is 0.214. The Labute approximate surface area is 125 Å². The Morgan fingerprint density at radius 1 is 1.14 bits per heavy atom. The maximum atomic E-state index is 13.0. The normalized spacial score (nSPS) is 10.4. The molecule has 0 aromatic heterocycles. The highest BCUT2D eigenvalue weighted by Gasteiger charge is 2.08. The lowest BCUT2D eigenvalue weighted by Crippen LogP contribution is -2.25. The molecule has 0 bridgehead atoms. The van der Waals surface area contributed by atoms with Gasteiger partial charge in [0.05, 0.1) is 7.11 Å². The predicted molar refractivity (Wildman–Crippen MR) is 84.1 cm³/mol. The van der Waals surface area contributed by atoms with Crippen molar-refractivity contribution in [3.8, 4) is 5.75 Å². The van der Waals surface area contributed by atoms with E-state index < -0.39 is 0 Å². The minimum Gasteiger partial charge on any atom is -0.497 e. The Morgan fingerprint density at radius 3 is 2.57 bits per heavy atom. The van der Waals surface area contributed by atoms with Crippen molar-refractivity contribution in [2.75, 3.05) is 25.1 Å². The lowest BCUT2D eigenvalue weighted by atomic mass is 10.1. The van der Waals surface area contributed by atoms with Crippen molar-refractivity contribution in [1.29, 1.82) is 0 Å². The first-order chi connectivity index (χ1) is 10.2. The Morgan fingerprint density at radius 2 is 1.90 bits per heavy atom. The average Bonchev–Trinajstić information content (AvgIpc) is 2.53. The topological polar surface area (TPSA) is 38.5 Å². The minimum atomic E-state index is -0.214. The maximum Gasteiger partial charge on any atom is 0.123 e. The summed E-state index contributed by atoms with van der Waals surface area (Å²) in [6, 6.07) is 14.5. The summed E-state index contributed by atoms with van der Waals surface area (Å²) in [6.07, 6.45) is 0.901. The van der Waals surface area contributed by atoms with Crippen LogP contribution in [0.2, 0.25) is 0 Å². The molecule has 0 aliphatic carbocycles. The maximum absolute atomic E-state index is 13.0. The number of anilines is 1. The summed E-state index contributed by atoms with van der Waals surface area (Å²) in [5.74, 6) is 0.609. The van der Waals surface area contributed by atoms with E-state index >= 15 is 0 Å². The molecule has 0 spiro atoms. The molecule has 2 aromatic carbocycles. The predicted octanol–water partition coefficient (Wildman–Crippen LogP) is 3.19. The summed E-state index contributed by atoms with van der Waals surface area (Å²) in [7, 11) is 1.66. The molecular weight excluding hydrogens is 267 g/mol. The fourth-order valence-corrected chi connectivity index (χ4v) is 2.20. The third kappa shape index (κ3) is 4.46. The molecule has 0 atom stereocenters. The second-order valence-electron chi connectivity index (χ2n) is 4.89. The monoisotopic (exact) mass is 288 g/mol. The molecule has 112 valence electrons. The van der Waals surface area contributed by atoms with Crippen LogP contribution in [0.5, 0.6) is 5.75 Å². The zero-order chi connectivity index (χ0) is 15.1. The highest BCUT2D eigenvalue weighted by molar-refractivity contribution is 5.51. The van der Waals surface area contributed by atoms with Crippen LogP contribution in [0.25, 0.3) is 0 Å². The number of benzene rings is 2. The Hall–Kier alpha value is -2.07. The number of nitrogens with two attached hydrogens (primary N) is 1. The van der Waals surface area contributed by atoms with E-state index in [0.717, 1.165) is 30.0 Å². The quantitative estimate of drug-likeness (QED) is 0.850. The van der Waals surface area contributed by atoms with Crippen molar-refractivity contribution < 1.29 is 9.13 Å². The van der Waals surface area contributed by atoms with Crippen LogP contribution in [0, 0.1) is 5.82 Å². The molecule has 0 aliphatic heterocycles. The summed E-state index contributed by atoms with van der Waals surface area (Å²) < 4.78 is 18.3. The van der Waals surface area contributed by atoms with Gasteiger partial charge in [-0.3, -0.25) is 0 Å². The number of nitrogens with zero attached hydrogens (tertiary/aromatic N) is 1. The van der Waals surface area contributed by atoms with Crippen LogP contribution in [0.1, 0.15) is 12.0 Å². The lowest BCUT2D eigenvalue weighted by Gasteiger charge is -2.25. The summed E-state index contributed by atoms with van der Waals surface area (Å²) in [5.41, 5.74) is 7.77. The second-order valence-corrected chi connectivity index (χ2v) is 4.89. The molecule has 0 radical (unpaired) electrons. The van der Waals surface area contributed by atoms with Crippen molar-refractivity contribution >= 4 is 5.69 Å². The van der Waals surface area contributed by atoms with Gasteiger partial charge in [0.25, 0.3) is 0 Å². The van der Waals surface area contributed by atoms with Crippen LogP contribution in [0.3, 0.4) is 0 Å². The largest absolute Gasteiger partial charge is 0.497 e. The third-order valence-corrected chi connectivity index (χ3v) is 3.34. The van der Waals surface area contributed by atoms with Gasteiger partial charge < -0.3 is 15.4 Å². The zero-order valence-electron chi connectivity index (χ0n) is 12.3. The number of hydrogen-bond acceptors (Lipinski definition) is 3. The van der Waals surface area contributed by atoms with E-state index in [1.807, 2.05) is 36.4 Å². The second kappa shape index (κ2) is 7.64. The van der Waals surface area contributed by atoms with Gasteiger partial charge in [-0.25, -0.2) is 4.39 Å². The molecule has 2 rings (SSSR count). The molecule has 3 nitrogen and oxygen atoms in total. The standard InChI is InChI=1S/C17H21FN2O/c1-21-17-5-2-4-16(12-17)20(11-3-10-19)13-14-6-8-15(18)9-7-14/h2,4-9,12H,3,10-11,13,19H2,1H3. The van der Waals surface area contributed by atoms with Gasteiger partial charge in [0.1, 0.15) is 11.6 Å². The van der Waals surface area contributed by atoms with Crippen molar-refractivity contribution in [2.24, 2.45) is 5.73 Å². The van der Waals surface area contributed by atoms with E-state index in [-0.39, 0.29) is 5.82 Å². The molecular formula is C17H21FN2O. The number of methoxy groups -OCH3 is 1. The van der Waals surface area contributed by atoms with Gasteiger partial charge in [-0.1, -0.05) is 18.2 Å². The summed E-state index contributed by atoms with van der Waals surface area (Å²) in [6.45, 7) is 2.21. The summed E-state index contributed by atoms with van der Waals surface area (Å²) >= 11 is 0. The van der Waals surface area contributed by atoms with E-state index in [2.05, 4.69) is 4.90 Å². The molecule has 21 heavy (non-hydrogen) atoms. The van der Waals surface area contributed by atoms with Crippen LogP contribution >= 0.6 is 0 Å². The Kier molecular flexibility index (Phi) is 5.58. The van der Waals surface area contributed by atoms with Crippen LogP contribution < -0.4 is 15.4 Å². The van der Waals surface area contributed by atoms with Crippen molar-refractivity contribution in [3.63, 3.8) is 0 Å². The lowest BCUT2D eigenvalue weighted by molar-refractivity contribution is 0.414. The molecule has 0 aliphatic rings. The number of ether oxygens (including phenoxy) is 1. The first-order valence-electron chi connectivity index (χ1n) is 7.06.